The van der Waals surface area contributed by atoms with Gasteiger partial charge in [0.15, 0.2) is 6.10 Å². The lowest BCUT2D eigenvalue weighted by atomic mass is 9.94. The molecule has 0 saturated carbocycles. The molecule has 0 radical (unpaired) electrons. The van der Waals surface area contributed by atoms with Gasteiger partial charge in [0.25, 0.3) is 0 Å². The predicted octanol–water partition coefficient (Wildman–Crippen LogP) is 10.2. The largest absolute Gasteiger partial charge is 0.453 e. The van der Waals surface area contributed by atoms with Gasteiger partial charge in [0.1, 0.15) is 0 Å². The van der Waals surface area contributed by atoms with Crippen LogP contribution in [0.2, 0.25) is 0 Å². The maximum absolute atomic E-state index is 12.7. The number of hydrogen-bond acceptors (Lipinski definition) is 2. The highest BCUT2D eigenvalue weighted by Crippen LogP contribution is 2.31. The van der Waals surface area contributed by atoms with Crippen molar-refractivity contribution in [2.45, 2.75) is 130 Å². The van der Waals surface area contributed by atoms with Gasteiger partial charge in [-0.2, -0.15) is 0 Å². The summed E-state index contributed by atoms with van der Waals surface area (Å²) in [6.07, 6.45) is 20.1. The number of carbonyl (C=O) groups is 1. The highest BCUT2D eigenvalue weighted by Gasteiger charge is 2.21. The molecule has 0 fully saturated rings. The normalized spacial score (nSPS) is 11.2. The summed E-state index contributed by atoms with van der Waals surface area (Å²) in [6.45, 7) is 6.45. The fourth-order valence-corrected chi connectivity index (χ4v) is 4.89. The van der Waals surface area contributed by atoms with Gasteiger partial charge < -0.3 is 4.74 Å². The Labute approximate surface area is 215 Å². The molecule has 0 N–H and O–H groups in total. The Morgan fingerprint density at radius 1 is 0.600 bits per heavy atom. The molecule has 2 rings (SSSR count). The van der Waals surface area contributed by atoms with Crippen molar-refractivity contribution in [1.82, 2.24) is 0 Å². The molecule has 0 saturated heterocycles. The van der Waals surface area contributed by atoms with Gasteiger partial charge in [-0.1, -0.05) is 145 Å². The van der Waals surface area contributed by atoms with E-state index in [2.05, 4.69) is 45.0 Å². The summed E-state index contributed by atoms with van der Waals surface area (Å²) in [5, 5.41) is 0. The van der Waals surface area contributed by atoms with E-state index in [4.69, 9.17) is 4.74 Å². The Morgan fingerprint density at radius 3 is 1.37 bits per heavy atom. The SMILES string of the molecule is CCCCCCCCCCCCCCCCCC(=O)OC(c1ccccc1C)c1ccccc1C. The van der Waals surface area contributed by atoms with E-state index in [0.29, 0.717) is 6.42 Å². The van der Waals surface area contributed by atoms with Gasteiger partial charge >= 0.3 is 5.97 Å². The van der Waals surface area contributed by atoms with Crippen LogP contribution in [0.5, 0.6) is 0 Å². The second-order valence-electron chi connectivity index (χ2n) is 10.3. The van der Waals surface area contributed by atoms with Crippen molar-refractivity contribution in [3.8, 4) is 0 Å². The number of esters is 1. The van der Waals surface area contributed by atoms with Gasteiger partial charge in [0.05, 0.1) is 0 Å². The molecule has 0 spiro atoms. The molecule has 0 heterocycles. The molecular formula is C33H50O2. The van der Waals surface area contributed by atoms with Crippen LogP contribution in [0.4, 0.5) is 0 Å². The Balaban J connectivity index is 1.59. The van der Waals surface area contributed by atoms with E-state index in [1.165, 1.54) is 83.5 Å². The van der Waals surface area contributed by atoms with E-state index in [0.717, 1.165) is 35.1 Å². The van der Waals surface area contributed by atoms with Crippen molar-refractivity contribution in [1.29, 1.82) is 0 Å². The molecule has 194 valence electrons. The summed E-state index contributed by atoms with van der Waals surface area (Å²) in [5.41, 5.74) is 4.46. The molecule has 0 bridgehead atoms. The summed E-state index contributed by atoms with van der Waals surface area (Å²) >= 11 is 0. The molecule has 2 aromatic carbocycles. The van der Waals surface area contributed by atoms with Gasteiger partial charge in [-0.25, -0.2) is 0 Å². The summed E-state index contributed by atoms with van der Waals surface area (Å²) < 4.78 is 6.06. The third kappa shape index (κ3) is 11.9. The first-order valence-corrected chi connectivity index (χ1v) is 14.4. The summed E-state index contributed by atoms with van der Waals surface area (Å²) in [4.78, 5) is 12.7. The van der Waals surface area contributed by atoms with Crippen LogP contribution in [0.25, 0.3) is 0 Å². The fraction of sp³-hybridized carbons (Fsp3) is 0.606. The van der Waals surface area contributed by atoms with Crippen molar-refractivity contribution >= 4 is 5.97 Å². The highest BCUT2D eigenvalue weighted by atomic mass is 16.5. The molecule has 0 aliphatic rings. The zero-order valence-corrected chi connectivity index (χ0v) is 22.8. The van der Waals surface area contributed by atoms with Crippen molar-refractivity contribution in [3.63, 3.8) is 0 Å². The number of unbranched alkanes of at least 4 members (excludes halogenated alkanes) is 14. The highest BCUT2D eigenvalue weighted by molar-refractivity contribution is 5.70. The average molecular weight is 479 g/mol. The average Bonchev–Trinajstić information content (AvgIpc) is 2.86. The van der Waals surface area contributed by atoms with Crippen molar-refractivity contribution < 1.29 is 9.53 Å². The Kier molecular flexibility index (Phi) is 15.2. The lowest BCUT2D eigenvalue weighted by Crippen LogP contribution is -2.14. The van der Waals surface area contributed by atoms with Crippen LogP contribution in [-0.4, -0.2) is 5.97 Å². The van der Waals surface area contributed by atoms with Gasteiger partial charge in [-0.3, -0.25) is 4.79 Å². The molecule has 0 aliphatic heterocycles. The number of hydrogen-bond donors (Lipinski definition) is 0. The molecule has 0 amide bonds. The predicted molar refractivity (Wildman–Crippen MR) is 150 cm³/mol. The number of ether oxygens (including phenoxy) is 1. The number of carbonyl (C=O) groups excluding carboxylic acids is 1. The summed E-state index contributed by atoms with van der Waals surface area (Å²) in [6, 6.07) is 16.4. The Bertz CT molecular complexity index is 780. The van der Waals surface area contributed by atoms with Crippen LogP contribution in [-0.2, 0) is 9.53 Å². The number of benzene rings is 2. The molecule has 2 heteroatoms. The third-order valence-electron chi connectivity index (χ3n) is 7.18. The molecule has 2 aromatic rings. The van der Waals surface area contributed by atoms with E-state index >= 15 is 0 Å². The van der Waals surface area contributed by atoms with Crippen LogP contribution in [0, 0.1) is 13.8 Å². The van der Waals surface area contributed by atoms with Crippen molar-refractivity contribution in [3.05, 3.63) is 70.8 Å². The lowest BCUT2D eigenvalue weighted by molar-refractivity contribution is -0.147. The second-order valence-corrected chi connectivity index (χ2v) is 10.3. The summed E-state index contributed by atoms with van der Waals surface area (Å²) in [5.74, 6) is -0.0869. The Hall–Kier alpha value is -2.09. The minimum absolute atomic E-state index is 0.0869. The van der Waals surface area contributed by atoms with Crippen LogP contribution in [0.15, 0.2) is 48.5 Å². The standard InChI is InChI=1S/C33H50O2/c1-4-5-6-7-8-9-10-11-12-13-14-15-16-17-18-27-32(34)35-33(30-25-21-19-23-28(30)2)31-26-22-20-24-29(31)3/h19-26,33H,4-18,27H2,1-3H3. The lowest BCUT2D eigenvalue weighted by Gasteiger charge is -2.22. The first-order chi connectivity index (χ1) is 17.1. The zero-order valence-electron chi connectivity index (χ0n) is 22.8. The van der Waals surface area contributed by atoms with E-state index in [9.17, 15) is 4.79 Å². The first kappa shape index (κ1) is 29.1. The van der Waals surface area contributed by atoms with Gasteiger partial charge in [-0.15, -0.1) is 0 Å². The Morgan fingerprint density at radius 2 is 0.971 bits per heavy atom. The van der Waals surface area contributed by atoms with Crippen LogP contribution in [0.1, 0.15) is 138 Å². The molecule has 0 aromatic heterocycles. The fourth-order valence-electron chi connectivity index (χ4n) is 4.89. The van der Waals surface area contributed by atoms with Gasteiger partial charge in [0, 0.05) is 6.42 Å². The van der Waals surface area contributed by atoms with E-state index < -0.39 is 0 Å². The van der Waals surface area contributed by atoms with E-state index in [1.807, 2.05) is 24.3 Å². The molecule has 0 unspecified atom stereocenters. The quantitative estimate of drug-likeness (QED) is 0.148. The van der Waals surface area contributed by atoms with Gasteiger partial charge in [-0.05, 0) is 42.5 Å². The molecule has 2 nitrogen and oxygen atoms in total. The molecule has 0 atom stereocenters. The first-order valence-electron chi connectivity index (χ1n) is 14.4. The maximum atomic E-state index is 12.7. The minimum Gasteiger partial charge on any atom is -0.453 e. The van der Waals surface area contributed by atoms with Crippen LogP contribution >= 0.6 is 0 Å². The molecule has 35 heavy (non-hydrogen) atoms. The number of rotatable bonds is 19. The van der Waals surface area contributed by atoms with Crippen LogP contribution in [0.3, 0.4) is 0 Å². The van der Waals surface area contributed by atoms with Crippen molar-refractivity contribution in [2.75, 3.05) is 0 Å². The van der Waals surface area contributed by atoms with Crippen molar-refractivity contribution in [2.24, 2.45) is 0 Å². The van der Waals surface area contributed by atoms with E-state index in [1.54, 1.807) is 0 Å². The van der Waals surface area contributed by atoms with Gasteiger partial charge in [0.2, 0.25) is 0 Å². The second kappa shape index (κ2) is 18.2. The van der Waals surface area contributed by atoms with Crippen LogP contribution < -0.4 is 0 Å². The summed E-state index contributed by atoms with van der Waals surface area (Å²) in [7, 11) is 0. The maximum Gasteiger partial charge on any atom is 0.306 e. The minimum atomic E-state index is -0.332. The molecular weight excluding hydrogens is 428 g/mol. The number of aryl methyl sites for hydroxylation is 2. The van der Waals surface area contributed by atoms with E-state index in [-0.39, 0.29) is 12.1 Å². The zero-order chi connectivity index (χ0) is 25.1. The monoisotopic (exact) mass is 478 g/mol. The molecule has 0 aliphatic carbocycles. The third-order valence-corrected chi connectivity index (χ3v) is 7.18. The smallest absolute Gasteiger partial charge is 0.306 e. The topological polar surface area (TPSA) is 26.3 Å².